The summed E-state index contributed by atoms with van der Waals surface area (Å²) in [6, 6.07) is 8.14. The molecular weight excluding hydrogens is 448 g/mol. The Balaban J connectivity index is 2.04. The van der Waals surface area contributed by atoms with Gasteiger partial charge in [-0.05, 0) is 37.1 Å². The van der Waals surface area contributed by atoms with Gasteiger partial charge in [0.15, 0.2) is 5.82 Å². The van der Waals surface area contributed by atoms with Crippen LogP contribution in [0.4, 0.5) is 5.82 Å². The summed E-state index contributed by atoms with van der Waals surface area (Å²) in [5.74, 6) is 1.28. The average Bonchev–Trinajstić information content (AvgIpc) is 2.86. The Morgan fingerprint density at radius 1 is 1.31 bits per heavy atom. The van der Waals surface area contributed by atoms with Crippen molar-refractivity contribution < 1.29 is 5.11 Å². The van der Waals surface area contributed by atoms with Crippen LogP contribution < -0.4 is 10.6 Å². The van der Waals surface area contributed by atoms with E-state index in [0.29, 0.717) is 24.6 Å². The first-order chi connectivity index (χ1) is 17.1. The summed E-state index contributed by atoms with van der Waals surface area (Å²) in [5, 5.41) is 18.4. The van der Waals surface area contributed by atoms with Crippen molar-refractivity contribution in [1.29, 1.82) is 0 Å². The maximum Gasteiger partial charge on any atom is 0.161 e. The summed E-state index contributed by atoms with van der Waals surface area (Å²) in [6.45, 7) is 12.1. The van der Waals surface area contributed by atoms with Crippen LogP contribution in [0.3, 0.4) is 0 Å². The molecule has 1 aliphatic rings. The Morgan fingerprint density at radius 2 is 2.08 bits per heavy atom. The fourth-order valence-corrected chi connectivity index (χ4v) is 4.42. The molecule has 0 radical (unpaired) electrons. The maximum atomic E-state index is 11.5. The van der Waals surface area contributed by atoms with Crippen LogP contribution in [0.5, 0.6) is 0 Å². The van der Waals surface area contributed by atoms with E-state index in [4.69, 9.17) is 9.97 Å². The lowest BCUT2D eigenvalue weighted by Gasteiger charge is -2.46. The zero-order valence-electron chi connectivity index (χ0n) is 22.5. The van der Waals surface area contributed by atoms with Crippen molar-refractivity contribution in [2.75, 3.05) is 46.1 Å². The first kappa shape index (κ1) is 27.3. The minimum atomic E-state index is -0.870. The molecule has 0 saturated carbocycles. The van der Waals surface area contributed by atoms with E-state index in [0.717, 1.165) is 40.9 Å². The summed E-state index contributed by atoms with van der Waals surface area (Å²) in [7, 11) is 5.72. The highest BCUT2D eigenvalue weighted by molar-refractivity contribution is 6.11. The molecule has 1 fully saturated rings. The number of hydrogen-bond donors (Lipinski definition) is 3. The number of aliphatic hydroxyl groups is 1. The quantitative estimate of drug-likeness (QED) is 0.356. The van der Waals surface area contributed by atoms with Gasteiger partial charge in [-0.15, -0.1) is 0 Å². The molecule has 1 atom stereocenters. The Kier molecular flexibility index (Phi) is 8.82. The molecule has 7 nitrogen and oxygen atoms in total. The van der Waals surface area contributed by atoms with Gasteiger partial charge in [0.2, 0.25) is 0 Å². The Labute approximate surface area is 215 Å². The molecule has 1 aromatic carbocycles. The molecule has 2 heterocycles. The third-order valence-corrected chi connectivity index (χ3v) is 6.84. The number of rotatable bonds is 9. The van der Waals surface area contributed by atoms with Crippen LogP contribution in [0, 0.1) is 5.41 Å². The van der Waals surface area contributed by atoms with Crippen LogP contribution in [-0.2, 0) is 0 Å². The monoisotopic (exact) mass is 488 g/mol. The molecule has 1 unspecified atom stereocenters. The molecule has 3 N–H and O–H groups in total. The minimum Gasteiger partial charge on any atom is -0.387 e. The van der Waals surface area contributed by atoms with Crippen LogP contribution >= 0.6 is 0 Å². The number of benzene rings is 1. The molecule has 3 rings (SSSR count). The van der Waals surface area contributed by atoms with Gasteiger partial charge in [0, 0.05) is 75.0 Å². The average molecular weight is 489 g/mol. The molecule has 7 heteroatoms. The number of anilines is 1. The van der Waals surface area contributed by atoms with Crippen molar-refractivity contribution >= 4 is 23.2 Å². The summed E-state index contributed by atoms with van der Waals surface area (Å²) >= 11 is 0. The fraction of sp³-hybridized carbons (Fsp3) is 0.414. The third kappa shape index (κ3) is 6.09. The van der Waals surface area contributed by atoms with Crippen LogP contribution in [0.15, 0.2) is 60.4 Å². The molecule has 192 valence electrons. The molecule has 0 aliphatic carbocycles. The molecule has 0 spiro atoms. The normalized spacial score (nSPS) is 20.4. The predicted molar refractivity (Wildman–Crippen MR) is 152 cm³/mol. The van der Waals surface area contributed by atoms with Gasteiger partial charge in [-0.25, -0.2) is 9.97 Å². The van der Waals surface area contributed by atoms with E-state index in [1.807, 2.05) is 62.6 Å². The second-order valence-electron chi connectivity index (χ2n) is 10.1. The van der Waals surface area contributed by atoms with Gasteiger partial charge in [0.05, 0.1) is 5.60 Å². The number of nitrogens with one attached hydrogen (secondary N) is 2. The van der Waals surface area contributed by atoms with E-state index in [1.165, 1.54) is 0 Å². The van der Waals surface area contributed by atoms with E-state index in [-0.39, 0.29) is 5.41 Å². The van der Waals surface area contributed by atoms with Gasteiger partial charge in [-0.1, -0.05) is 50.8 Å². The summed E-state index contributed by atoms with van der Waals surface area (Å²) in [6.07, 6.45) is 10.2. The summed E-state index contributed by atoms with van der Waals surface area (Å²) in [5.41, 5.74) is 3.57. The van der Waals surface area contributed by atoms with E-state index in [1.54, 1.807) is 13.3 Å². The van der Waals surface area contributed by atoms with Crippen LogP contribution in [-0.4, -0.2) is 72.6 Å². The van der Waals surface area contributed by atoms with Crippen molar-refractivity contribution in [1.82, 2.24) is 20.2 Å². The number of aliphatic imine (C=N–C) groups is 1. The first-order valence-electron chi connectivity index (χ1n) is 12.4. The molecule has 1 aromatic heterocycles. The zero-order chi connectivity index (χ0) is 26.3. The highest BCUT2D eigenvalue weighted by Gasteiger charge is 2.45. The lowest BCUT2D eigenvalue weighted by molar-refractivity contribution is -0.0764. The second-order valence-corrected chi connectivity index (χ2v) is 10.1. The molecule has 1 saturated heterocycles. The largest absolute Gasteiger partial charge is 0.387 e. The minimum absolute atomic E-state index is 0.281. The van der Waals surface area contributed by atoms with Gasteiger partial charge < -0.3 is 20.6 Å². The number of piperidine rings is 1. The third-order valence-electron chi connectivity index (χ3n) is 6.84. The van der Waals surface area contributed by atoms with Crippen molar-refractivity contribution in [2.45, 2.75) is 32.8 Å². The van der Waals surface area contributed by atoms with Gasteiger partial charge in [0.1, 0.15) is 5.82 Å². The van der Waals surface area contributed by atoms with Crippen molar-refractivity contribution in [3.8, 4) is 11.4 Å². The first-order valence-corrected chi connectivity index (χ1v) is 12.4. The predicted octanol–water partition coefficient (Wildman–Crippen LogP) is 4.50. The van der Waals surface area contributed by atoms with E-state index in [9.17, 15) is 5.11 Å². The van der Waals surface area contributed by atoms with Crippen molar-refractivity contribution in [3.05, 3.63) is 66.5 Å². The molecule has 0 bridgehead atoms. The van der Waals surface area contributed by atoms with Gasteiger partial charge in [0.25, 0.3) is 0 Å². The van der Waals surface area contributed by atoms with Gasteiger partial charge in [-0.2, -0.15) is 0 Å². The van der Waals surface area contributed by atoms with Crippen LogP contribution in [0.1, 0.15) is 38.3 Å². The lowest BCUT2D eigenvalue weighted by atomic mass is 9.70. The van der Waals surface area contributed by atoms with E-state index in [2.05, 4.69) is 48.2 Å². The van der Waals surface area contributed by atoms with Crippen LogP contribution in [0.2, 0.25) is 0 Å². The standard InChI is InChI=1S/C29H40N6O/c1-8-21(16-30-5)25-17-32-26(24-12-10-11-23(15-24)22(9-2)18-35(6)7)34-27(25)33-20-29(36)13-14-31-19-28(29,3)4/h8-12,15-18,31,36H,2,13-14,19-20H2,1,3-7H3,(H,32,33,34)/b21-8+,22-18+,30-16?. The van der Waals surface area contributed by atoms with Crippen molar-refractivity contribution in [2.24, 2.45) is 10.4 Å². The van der Waals surface area contributed by atoms with Gasteiger partial charge in [-0.3, -0.25) is 4.99 Å². The van der Waals surface area contributed by atoms with Crippen LogP contribution in [0.25, 0.3) is 22.5 Å². The fourth-order valence-electron chi connectivity index (χ4n) is 4.42. The van der Waals surface area contributed by atoms with Crippen molar-refractivity contribution in [3.63, 3.8) is 0 Å². The summed E-state index contributed by atoms with van der Waals surface area (Å²) < 4.78 is 0. The second kappa shape index (κ2) is 11.6. The maximum absolute atomic E-state index is 11.5. The SMILES string of the molecule is C=C/C(=C\N(C)C)c1cccc(-c2ncc(/C(C=NC)=C/C)c(NCC3(O)CCNCC3(C)C)n2)c1. The number of hydrogen-bond acceptors (Lipinski definition) is 7. The molecule has 1 aliphatic heterocycles. The highest BCUT2D eigenvalue weighted by Crippen LogP contribution is 2.36. The Morgan fingerprint density at radius 3 is 2.72 bits per heavy atom. The highest BCUT2D eigenvalue weighted by atomic mass is 16.3. The lowest BCUT2D eigenvalue weighted by Crippen LogP contribution is -2.59. The van der Waals surface area contributed by atoms with Gasteiger partial charge >= 0.3 is 0 Å². The zero-order valence-corrected chi connectivity index (χ0v) is 22.5. The molecule has 36 heavy (non-hydrogen) atoms. The smallest absolute Gasteiger partial charge is 0.161 e. The summed E-state index contributed by atoms with van der Waals surface area (Å²) in [4.78, 5) is 15.8. The topological polar surface area (TPSA) is 85.7 Å². The number of allylic oxidation sites excluding steroid dienone is 4. The molecule has 2 aromatic rings. The molecule has 0 amide bonds. The number of aromatic nitrogens is 2. The van der Waals surface area contributed by atoms with E-state index >= 15 is 0 Å². The Bertz CT molecular complexity index is 1160. The van der Waals surface area contributed by atoms with E-state index < -0.39 is 5.60 Å². The molecular formula is C29H40N6O. The Hall–Kier alpha value is -3.29. The number of nitrogens with zero attached hydrogens (tertiary/aromatic N) is 4.